The lowest BCUT2D eigenvalue weighted by atomic mass is 10.2. The molecule has 0 aliphatic heterocycles. The first-order chi connectivity index (χ1) is 9.89. The number of carbonyl (C=O) groups excluding carboxylic acids is 1. The second-order valence-electron chi connectivity index (χ2n) is 4.93. The van der Waals surface area contributed by atoms with Crippen molar-refractivity contribution >= 4 is 40.0 Å². The Morgan fingerprint density at radius 3 is 2.64 bits per heavy atom. The molecular weight excluding hydrogens is 351 g/mol. The number of nitrogens with one attached hydrogen (secondary N) is 1. The number of ether oxygens (including phenoxy) is 1. The summed E-state index contributed by atoms with van der Waals surface area (Å²) in [5.74, 6) is -0.478. The summed E-state index contributed by atoms with van der Waals surface area (Å²) in [7, 11) is -2.71. The lowest BCUT2D eigenvalue weighted by molar-refractivity contribution is 0.0596. The molecule has 22 heavy (non-hydrogen) atoms. The Labute approximate surface area is 140 Å². The number of hydrogen-bond donors (Lipinski definition) is 2. The lowest BCUT2D eigenvalue weighted by Gasteiger charge is -2.17. The second-order valence-corrected chi connectivity index (χ2v) is 7.05. The molecule has 1 saturated carbocycles. The molecule has 0 aromatic heterocycles. The molecule has 1 aliphatic carbocycles. The number of hydrogen-bond acceptors (Lipinski definition) is 5. The van der Waals surface area contributed by atoms with Crippen molar-refractivity contribution in [3.05, 3.63) is 28.8 Å². The maximum atomic E-state index is 12.5. The summed E-state index contributed by atoms with van der Waals surface area (Å²) in [6.45, 7) is 0.206. The molecule has 1 fully saturated rings. The zero-order valence-electron chi connectivity index (χ0n) is 11.9. The van der Waals surface area contributed by atoms with Crippen molar-refractivity contribution in [2.45, 2.75) is 23.8 Å². The minimum Gasteiger partial charge on any atom is -0.465 e. The number of nitrogens with two attached hydrogens (primary N) is 1. The number of sulfonamides is 1. The van der Waals surface area contributed by atoms with Crippen LogP contribution in [-0.4, -0.2) is 34.1 Å². The van der Waals surface area contributed by atoms with E-state index >= 15 is 0 Å². The van der Waals surface area contributed by atoms with Crippen LogP contribution in [0.5, 0.6) is 0 Å². The van der Waals surface area contributed by atoms with Crippen LogP contribution in [0.3, 0.4) is 0 Å². The van der Waals surface area contributed by atoms with E-state index in [1.807, 2.05) is 0 Å². The summed E-state index contributed by atoms with van der Waals surface area (Å²) in [5, 5.41) is 0.221. The van der Waals surface area contributed by atoms with Gasteiger partial charge in [-0.05, 0) is 37.0 Å². The van der Waals surface area contributed by atoms with Gasteiger partial charge in [0.2, 0.25) is 10.0 Å². The number of esters is 1. The standard InChI is InChI=1S/C13H17ClN2O4S.ClH/c1-20-13(17)10-5-4-9(14)6-12(10)21(18,19)16-11(7-15)8-2-3-8;/h4-6,8,11,16H,2-3,7,15H2,1H3;1H. The molecule has 1 atom stereocenters. The van der Waals surface area contributed by atoms with Crippen LogP contribution in [0.1, 0.15) is 23.2 Å². The van der Waals surface area contributed by atoms with Crippen LogP contribution in [0.2, 0.25) is 5.02 Å². The summed E-state index contributed by atoms with van der Waals surface area (Å²) < 4.78 is 32.1. The van der Waals surface area contributed by atoms with E-state index in [4.69, 9.17) is 17.3 Å². The van der Waals surface area contributed by atoms with Gasteiger partial charge in [-0.3, -0.25) is 0 Å². The summed E-state index contributed by atoms with van der Waals surface area (Å²) in [5.41, 5.74) is 5.55. The molecule has 0 bridgehead atoms. The molecule has 6 nitrogen and oxygen atoms in total. The Balaban J connectivity index is 0.00000242. The molecule has 9 heteroatoms. The topological polar surface area (TPSA) is 98.5 Å². The van der Waals surface area contributed by atoms with Gasteiger partial charge in [0.15, 0.2) is 0 Å². The van der Waals surface area contributed by atoms with E-state index in [0.29, 0.717) is 0 Å². The van der Waals surface area contributed by atoms with E-state index in [9.17, 15) is 13.2 Å². The van der Waals surface area contributed by atoms with E-state index in [0.717, 1.165) is 12.8 Å². The van der Waals surface area contributed by atoms with Gasteiger partial charge in [-0.1, -0.05) is 11.6 Å². The molecule has 0 saturated heterocycles. The predicted molar refractivity (Wildman–Crippen MR) is 85.9 cm³/mol. The third-order valence-electron chi connectivity index (χ3n) is 3.39. The molecule has 0 heterocycles. The van der Waals surface area contributed by atoms with Gasteiger partial charge in [0.25, 0.3) is 0 Å². The van der Waals surface area contributed by atoms with Crippen LogP contribution in [0.15, 0.2) is 23.1 Å². The van der Waals surface area contributed by atoms with Crippen molar-refractivity contribution in [1.29, 1.82) is 0 Å². The van der Waals surface area contributed by atoms with Crippen molar-refractivity contribution in [1.82, 2.24) is 4.72 Å². The minimum absolute atomic E-state index is 0. The third-order valence-corrected chi connectivity index (χ3v) is 5.15. The van der Waals surface area contributed by atoms with Gasteiger partial charge in [-0.15, -0.1) is 12.4 Å². The van der Waals surface area contributed by atoms with Crippen molar-refractivity contribution < 1.29 is 17.9 Å². The first kappa shape index (κ1) is 19.2. The van der Waals surface area contributed by atoms with Gasteiger partial charge < -0.3 is 10.5 Å². The highest BCUT2D eigenvalue weighted by Gasteiger charge is 2.34. The number of rotatable bonds is 6. The van der Waals surface area contributed by atoms with Crippen molar-refractivity contribution in [2.24, 2.45) is 11.7 Å². The summed E-state index contributed by atoms with van der Waals surface area (Å²) in [6.07, 6.45) is 1.90. The Morgan fingerprint density at radius 1 is 1.50 bits per heavy atom. The molecule has 0 amide bonds. The van der Waals surface area contributed by atoms with Gasteiger partial charge in [-0.2, -0.15) is 0 Å². The molecule has 1 aliphatic rings. The fourth-order valence-corrected chi connectivity index (χ4v) is 3.87. The van der Waals surface area contributed by atoms with Crippen LogP contribution < -0.4 is 10.5 Å². The predicted octanol–water partition coefficient (Wildman–Crippen LogP) is 1.56. The van der Waals surface area contributed by atoms with Crippen molar-refractivity contribution in [3.8, 4) is 0 Å². The Kier molecular flexibility index (Phi) is 6.64. The number of halogens is 2. The average Bonchev–Trinajstić information content (AvgIpc) is 3.28. The van der Waals surface area contributed by atoms with Gasteiger partial charge in [0.1, 0.15) is 0 Å². The zero-order chi connectivity index (χ0) is 15.6. The van der Waals surface area contributed by atoms with Crippen LogP contribution in [0, 0.1) is 5.92 Å². The molecule has 0 spiro atoms. The monoisotopic (exact) mass is 368 g/mol. The normalized spacial score (nSPS) is 15.8. The first-order valence-electron chi connectivity index (χ1n) is 6.49. The van der Waals surface area contributed by atoms with Crippen molar-refractivity contribution in [2.75, 3.05) is 13.7 Å². The molecule has 1 unspecified atom stereocenters. The molecule has 3 N–H and O–H groups in total. The minimum atomic E-state index is -3.90. The first-order valence-corrected chi connectivity index (χ1v) is 8.35. The van der Waals surface area contributed by atoms with Crippen LogP contribution in [0.25, 0.3) is 0 Å². The van der Waals surface area contributed by atoms with Crippen LogP contribution in [-0.2, 0) is 14.8 Å². The van der Waals surface area contributed by atoms with E-state index in [1.54, 1.807) is 0 Å². The third kappa shape index (κ3) is 4.33. The summed E-state index contributed by atoms with van der Waals surface area (Å²) >= 11 is 5.85. The highest BCUT2D eigenvalue weighted by molar-refractivity contribution is 7.89. The number of benzene rings is 1. The molecule has 1 aromatic rings. The second kappa shape index (κ2) is 7.61. The maximum Gasteiger partial charge on any atom is 0.339 e. The Bertz CT molecular complexity index is 647. The maximum absolute atomic E-state index is 12.5. The summed E-state index contributed by atoms with van der Waals surface area (Å²) in [4.78, 5) is 11.5. The van der Waals surface area contributed by atoms with E-state index in [-0.39, 0.29) is 46.4 Å². The zero-order valence-corrected chi connectivity index (χ0v) is 14.3. The molecular formula is C13H18Cl2N2O4S. The number of methoxy groups -OCH3 is 1. The van der Waals surface area contributed by atoms with Crippen LogP contribution >= 0.6 is 24.0 Å². The Morgan fingerprint density at radius 2 is 2.14 bits per heavy atom. The molecule has 2 rings (SSSR count). The fourth-order valence-electron chi connectivity index (χ4n) is 2.10. The molecule has 124 valence electrons. The van der Waals surface area contributed by atoms with Crippen molar-refractivity contribution in [3.63, 3.8) is 0 Å². The molecule has 1 aromatic carbocycles. The SMILES string of the molecule is COC(=O)c1ccc(Cl)cc1S(=O)(=O)NC(CN)C1CC1.Cl. The van der Waals surface area contributed by atoms with Gasteiger partial charge in [-0.25, -0.2) is 17.9 Å². The lowest BCUT2D eigenvalue weighted by Crippen LogP contribution is -2.42. The van der Waals surface area contributed by atoms with Gasteiger partial charge in [0, 0.05) is 17.6 Å². The van der Waals surface area contributed by atoms with Crippen LogP contribution in [0.4, 0.5) is 0 Å². The molecule has 0 radical (unpaired) electrons. The quantitative estimate of drug-likeness (QED) is 0.742. The average molecular weight is 369 g/mol. The van der Waals surface area contributed by atoms with E-state index in [1.165, 1.54) is 25.3 Å². The Hall–Kier alpha value is -0.860. The number of carbonyl (C=O) groups is 1. The fraction of sp³-hybridized carbons (Fsp3) is 0.462. The summed E-state index contributed by atoms with van der Waals surface area (Å²) in [6, 6.07) is 3.67. The van der Waals surface area contributed by atoms with Gasteiger partial charge >= 0.3 is 5.97 Å². The largest absolute Gasteiger partial charge is 0.465 e. The highest BCUT2D eigenvalue weighted by Crippen LogP contribution is 2.33. The van der Waals surface area contributed by atoms with E-state index in [2.05, 4.69) is 9.46 Å². The van der Waals surface area contributed by atoms with Gasteiger partial charge in [0.05, 0.1) is 17.6 Å². The smallest absolute Gasteiger partial charge is 0.339 e. The highest BCUT2D eigenvalue weighted by atomic mass is 35.5. The van der Waals surface area contributed by atoms with E-state index < -0.39 is 16.0 Å².